The Kier molecular flexibility index (Phi) is 2.97. The van der Waals surface area contributed by atoms with Crippen molar-refractivity contribution < 1.29 is 19.0 Å². The van der Waals surface area contributed by atoms with Gasteiger partial charge in [-0.2, -0.15) is 0 Å². The average Bonchev–Trinajstić information content (AvgIpc) is 2.96. The van der Waals surface area contributed by atoms with Crippen molar-refractivity contribution in [1.82, 2.24) is 0 Å². The topological polar surface area (TPSA) is 51.8 Å². The monoisotopic (exact) mass is 330 g/mol. The number of ether oxygens (including phenoxy) is 2. The zero-order valence-electron chi connectivity index (χ0n) is 9.02. The second kappa shape index (κ2) is 4.50. The van der Waals surface area contributed by atoms with Crippen molar-refractivity contribution in [3.63, 3.8) is 0 Å². The predicted molar refractivity (Wildman–Crippen MR) is 68.0 cm³/mol. The largest absolute Gasteiger partial charge is 0.465 e. The summed E-state index contributed by atoms with van der Waals surface area (Å²) in [6.45, 7) is 0.138. The lowest BCUT2D eigenvalue weighted by Crippen LogP contribution is -1.99. The van der Waals surface area contributed by atoms with Gasteiger partial charge in [-0.1, -0.05) is 11.6 Å². The van der Waals surface area contributed by atoms with Crippen LogP contribution in [0.4, 0.5) is 0 Å². The Morgan fingerprint density at radius 3 is 2.89 bits per heavy atom. The van der Waals surface area contributed by atoms with E-state index in [1.807, 2.05) is 0 Å². The van der Waals surface area contributed by atoms with Crippen LogP contribution in [0, 0.1) is 0 Å². The van der Waals surface area contributed by atoms with E-state index in [0.717, 1.165) is 0 Å². The molecule has 6 heteroatoms. The molecule has 1 atom stereocenters. The van der Waals surface area contributed by atoms with Gasteiger partial charge in [-0.25, -0.2) is 0 Å². The first-order valence-electron chi connectivity index (χ1n) is 5.17. The van der Waals surface area contributed by atoms with Crippen molar-refractivity contribution in [2.24, 2.45) is 0 Å². The molecule has 1 aromatic carbocycles. The summed E-state index contributed by atoms with van der Waals surface area (Å²) < 4.78 is 16.4. The number of benzene rings is 1. The highest BCUT2D eigenvalue weighted by molar-refractivity contribution is 9.10. The fraction of sp³-hybridized carbons (Fsp3) is 0.167. The van der Waals surface area contributed by atoms with Crippen LogP contribution in [0.15, 0.2) is 33.4 Å². The molecular weight excluding hydrogens is 323 g/mol. The van der Waals surface area contributed by atoms with E-state index in [1.54, 1.807) is 18.2 Å². The smallest absolute Gasteiger partial charge is 0.231 e. The highest BCUT2D eigenvalue weighted by atomic mass is 79.9. The van der Waals surface area contributed by atoms with E-state index < -0.39 is 6.10 Å². The second-order valence-electron chi connectivity index (χ2n) is 3.77. The van der Waals surface area contributed by atoms with Gasteiger partial charge in [0.1, 0.15) is 6.10 Å². The Hall–Kier alpha value is -1.17. The lowest BCUT2D eigenvalue weighted by molar-refractivity contribution is 0.173. The molecule has 2 heterocycles. The van der Waals surface area contributed by atoms with E-state index in [-0.39, 0.29) is 6.79 Å². The van der Waals surface area contributed by atoms with Crippen molar-refractivity contribution in [2.45, 2.75) is 6.10 Å². The van der Waals surface area contributed by atoms with E-state index in [4.69, 9.17) is 25.5 Å². The van der Waals surface area contributed by atoms with Gasteiger partial charge in [-0.15, -0.1) is 0 Å². The van der Waals surface area contributed by atoms with E-state index in [0.29, 0.717) is 32.3 Å². The molecule has 94 valence electrons. The van der Waals surface area contributed by atoms with Crippen LogP contribution in [0.1, 0.15) is 17.4 Å². The normalized spacial score (nSPS) is 14.8. The number of fused-ring (bicyclic) bond motifs is 1. The Morgan fingerprint density at radius 2 is 2.17 bits per heavy atom. The fourth-order valence-electron chi connectivity index (χ4n) is 1.80. The van der Waals surface area contributed by atoms with Crippen molar-refractivity contribution in [2.75, 3.05) is 6.79 Å². The van der Waals surface area contributed by atoms with E-state index in [2.05, 4.69) is 15.9 Å². The number of aliphatic hydroxyl groups excluding tert-OH is 1. The van der Waals surface area contributed by atoms with Gasteiger partial charge >= 0.3 is 0 Å². The van der Waals surface area contributed by atoms with Crippen LogP contribution < -0.4 is 9.47 Å². The molecule has 0 amide bonds. The molecule has 1 aromatic heterocycles. The Balaban J connectivity index is 2.03. The summed E-state index contributed by atoms with van der Waals surface area (Å²) in [5.41, 5.74) is 0.583. The summed E-state index contributed by atoms with van der Waals surface area (Å²) in [7, 11) is 0. The summed E-state index contributed by atoms with van der Waals surface area (Å²) in [4.78, 5) is 0. The van der Waals surface area contributed by atoms with Gasteiger partial charge in [0.2, 0.25) is 6.79 Å². The molecule has 0 spiro atoms. The fourth-order valence-corrected chi connectivity index (χ4v) is 2.49. The third-order valence-corrected chi connectivity index (χ3v) is 3.59. The van der Waals surface area contributed by atoms with Gasteiger partial charge in [0.05, 0.1) is 15.8 Å². The first kappa shape index (κ1) is 11.9. The molecule has 1 N–H and O–H groups in total. The first-order chi connectivity index (χ1) is 8.66. The summed E-state index contributed by atoms with van der Waals surface area (Å²) in [5.74, 6) is 1.45. The van der Waals surface area contributed by atoms with Crippen molar-refractivity contribution in [3.8, 4) is 11.5 Å². The third-order valence-electron chi connectivity index (χ3n) is 2.66. The lowest BCUT2D eigenvalue weighted by atomic mass is 10.1. The SMILES string of the molecule is OC(c1cc(Cl)c2c(c1)OCO2)c1occc1Br. The Bertz CT molecular complexity index is 596. The van der Waals surface area contributed by atoms with Crippen molar-refractivity contribution in [1.29, 1.82) is 0 Å². The second-order valence-corrected chi connectivity index (χ2v) is 5.03. The molecule has 0 radical (unpaired) electrons. The number of furan rings is 1. The molecule has 1 unspecified atom stereocenters. The van der Waals surface area contributed by atoms with Crippen LogP contribution in [0.2, 0.25) is 5.02 Å². The van der Waals surface area contributed by atoms with Crippen molar-refractivity contribution >= 4 is 27.5 Å². The van der Waals surface area contributed by atoms with Crippen LogP contribution >= 0.6 is 27.5 Å². The van der Waals surface area contributed by atoms with Crippen LogP contribution in [-0.2, 0) is 0 Å². The number of rotatable bonds is 2. The molecule has 0 bridgehead atoms. The predicted octanol–water partition coefficient (Wildman–Crippen LogP) is 3.51. The van der Waals surface area contributed by atoms with Gasteiger partial charge in [0.15, 0.2) is 17.3 Å². The van der Waals surface area contributed by atoms with Gasteiger partial charge in [0, 0.05) is 0 Å². The quantitative estimate of drug-likeness (QED) is 0.915. The highest BCUT2D eigenvalue weighted by Gasteiger charge is 2.23. The lowest BCUT2D eigenvalue weighted by Gasteiger charge is -2.10. The summed E-state index contributed by atoms with van der Waals surface area (Å²) in [5, 5.41) is 10.6. The standard InChI is InChI=1S/C12H8BrClO4/c13-7-1-2-16-11(7)10(15)6-3-8(14)12-9(4-6)17-5-18-12/h1-4,10,15H,5H2. The molecular formula is C12H8BrClO4. The first-order valence-corrected chi connectivity index (χ1v) is 6.34. The molecule has 18 heavy (non-hydrogen) atoms. The van der Waals surface area contributed by atoms with Crippen LogP contribution in [0.25, 0.3) is 0 Å². The zero-order chi connectivity index (χ0) is 12.7. The van der Waals surface area contributed by atoms with Gasteiger partial charge in [-0.3, -0.25) is 0 Å². The molecule has 4 nitrogen and oxygen atoms in total. The highest BCUT2D eigenvalue weighted by Crippen LogP contribution is 2.42. The van der Waals surface area contributed by atoms with Gasteiger partial charge in [0.25, 0.3) is 0 Å². The number of halogens is 2. The molecule has 0 saturated carbocycles. The van der Waals surface area contributed by atoms with Crippen molar-refractivity contribution in [3.05, 3.63) is 45.3 Å². The molecule has 0 aliphatic carbocycles. The molecule has 0 fully saturated rings. The third kappa shape index (κ3) is 1.88. The summed E-state index contributed by atoms with van der Waals surface area (Å²) in [6, 6.07) is 5.04. The molecule has 1 aliphatic heterocycles. The minimum Gasteiger partial charge on any atom is -0.465 e. The summed E-state index contributed by atoms with van der Waals surface area (Å²) >= 11 is 9.36. The maximum atomic E-state index is 10.2. The number of aliphatic hydroxyl groups is 1. The number of hydrogen-bond acceptors (Lipinski definition) is 4. The maximum absolute atomic E-state index is 10.2. The van der Waals surface area contributed by atoms with Crippen LogP contribution in [-0.4, -0.2) is 11.9 Å². The number of hydrogen-bond donors (Lipinski definition) is 1. The Morgan fingerprint density at radius 1 is 1.33 bits per heavy atom. The molecule has 1 aliphatic rings. The van der Waals surface area contributed by atoms with Gasteiger partial charge < -0.3 is 19.0 Å². The van der Waals surface area contributed by atoms with E-state index in [9.17, 15) is 5.11 Å². The van der Waals surface area contributed by atoms with E-state index in [1.165, 1.54) is 6.26 Å². The Labute approximate surface area is 116 Å². The summed E-state index contributed by atoms with van der Waals surface area (Å²) in [6.07, 6.45) is 0.582. The molecule has 2 aromatic rings. The van der Waals surface area contributed by atoms with Gasteiger partial charge in [-0.05, 0) is 39.7 Å². The average molecular weight is 332 g/mol. The minimum absolute atomic E-state index is 0.138. The zero-order valence-corrected chi connectivity index (χ0v) is 11.4. The molecule has 0 saturated heterocycles. The molecule has 3 rings (SSSR count). The maximum Gasteiger partial charge on any atom is 0.231 e. The van der Waals surface area contributed by atoms with Crippen LogP contribution in [0.5, 0.6) is 11.5 Å². The van der Waals surface area contributed by atoms with E-state index >= 15 is 0 Å². The minimum atomic E-state index is -0.915. The van der Waals surface area contributed by atoms with Crippen LogP contribution in [0.3, 0.4) is 0 Å².